The van der Waals surface area contributed by atoms with Gasteiger partial charge in [0.1, 0.15) is 0 Å². The number of hydrogen-bond donors (Lipinski definition) is 2. The van der Waals surface area contributed by atoms with Gasteiger partial charge in [-0.15, -0.1) is 0 Å². The van der Waals surface area contributed by atoms with Gasteiger partial charge in [0.15, 0.2) is 0 Å². The predicted molar refractivity (Wildman–Crippen MR) is 96.5 cm³/mol. The Bertz CT molecular complexity index is 641. The minimum Gasteiger partial charge on any atom is -0.381 e. The van der Waals surface area contributed by atoms with E-state index < -0.39 is 0 Å². The fourth-order valence-corrected chi connectivity index (χ4v) is 3.43. The molecule has 1 fully saturated rings. The van der Waals surface area contributed by atoms with Crippen LogP contribution >= 0.6 is 0 Å². The number of ether oxygens (including phenoxy) is 1. The van der Waals surface area contributed by atoms with Crippen LogP contribution in [-0.4, -0.2) is 43.1 Å². The van der Waals surface area contributed by atoms with Gasteiger partial charge in [0, 0.05) is 37.7 Å². The third-order valence-corrected chi connectivity index (χ3v) is 5.04. The largest absolute Gasteiger partial charge is 0.381 e. The smallest absolute Gasteiger partial charge is 0.317 e. The second-order valence-corrected chi connectivity index (χ2v) is 6.90. The minimum absolute atomic E-state index is 0.0343. The van der Waals surface area contributed by atoms with Gasteiger partial charge in [0.2, 0.25) is 5.91 Å². The van der Waals surface area contributed by atoms with E-state index in [0.29, 0.717) is 18.9 Å². The first-order chi connectivity index (χ1) is 12.1. The van der Waals surface area contributed by atoms with E-state index in [9.17, 15) is 9.59 Å². The molecule has 0 spiro atoms. The number of amides is 3. The van der Waals surface area contributed by atoms with Crippen molar-refractivity contribution in [2.45, 2.75) is 39.2 Å². The van der Waals surface area contributed by atoms with Gasteiger partial charge in [-0.3, -0.25) is 4.79 Å². The second-order valence-electron chi connectivity index (χ2n) is 6.90. The zero-order valence-electron chi connectivity index (χ0n) is 15.0. The number of benzene rings is 1. The van der Waals surface area contributed by atoms with Crippen molar-refractivity contribution in [3.63, 3.8) is 0 Å². The molecule has 0 saturated carbocycles. The van der Waals surface area contributed by atoms with E-state index in [-0.39, 0.29) is 18.0 Å². The van der Waals surface area contributed by atoms with E-state index in [1.807, 2.05) is 30.9 Å². The Morgan fingerprint density at radius 2 is 2.28 bits per heavy atom. The number of carbonyl (C=O) groups excluding carboxylic acids is 2. The van der Waals surface area contributed by atoms with Crippen molar-refractivity contribution in [3.8, 4) is 0 Å². The highest BCUT2D eigenvalue weighted by Crippen LogP contribution is 2.26. The van der Waals surface area contributed by atoms with Crippen molar-refractivity contribution in [3.05, 3.63) is 29.3 Å². The third kappa shape index (κ3) is 4.31. The van der Waals surface area contributed by atoms with Gasteiger partial charge in [-0.05, 0) is 43.9 Å². The second kappa shape index (κ2) is 7.87. The number of fused-ring (bicyclic) bond motifs is 1. The summed E-state index contributed by atoms with van der Waals surface area (Å²) in [5.74, 6) is 0.504. The fraction of sp³-hybridized carbons (Fsp3) is 0.579. The molecular formula is C19H27N3O3. The highest BCUT2D eigenvalue weighted by molar-refractivity contribution is 5.93. The molecule has 3 amide bonds. The van der Waals surface area contributed by atoms with Gasteiger partial charge < -0.3 is 20.3 Å². The fourth-order valence-electron chi connectivity index (χ4n) is 3.43. The van der Waals surface area contributed by atoms with Gasteiger partial charge in [-0.25, -0.2) is 4.79 Å². The summed E-state index contributed by atoms with van der Waals surface area (Å²) in [6.45, 7) is 6.97. The zero-order valence-corrected chi connectivity index (χ0v) is 15.0. The zero-order chi connectivity index (χ0) is 17.8. The van der Waals surface area contributed by atoms with Crippen molar-refractivity contribution >= 4 is 17.6 Å². The lowest BCUT2D eigenvalue weighted by atomic mass is 9.98. The predicted octanol–water partition coefficient (Wildman–Crippen LogP) is 2.70. The standard InChI is InChI=1S/C19H27N3O3/c1-3-22(11-14-8-9-25-12-14)19(24)20-13(2)15-4-6-17-16(10-15)5-7-18(23)21-17/h4,6,10,13-14H,3,5,7-9,11-12H2,1-2H3,(H,20,24)(H,21,23). The molecule has 0 aromatic heterocycles. The molecular weight excluding hydrogens is 318 g/mol. The lowest BCUT2D eigenvalue weighted by Gasteiger charge is -2.27. The molecule has 2 unspecified atom stereocenters. The number of rotatable bonds is 5. The van der Waals surface area contributed by atoms with Crippen LogP contribution in [0.3, 0.4) is 0 Å². The molecule has 3 rings (SSSR count). The van der Waals surface area contributed by atoms with Crippen LogP contribution in [0.5, 0.6) is 0 Å². The number of hydrogen-bond acceptors (Lipinski definition) is 3. The van der Waals surface area contributed by atoms with E-state index in [0.717, 1.165) is 49.4 Å². The first-order valence-electron chi connectivity index (χ1n) is 9.12. The quantitative estimate of drug-likeness (QED) is 0.862. The molecule has 136 valence electrons. The van der Waals surface area contributed by atoms with Crippen LogP contribution in [0, 0.1) is 5.92 Å². The summed E-state index contributed by atoms with van der Waals surface area (Å²) in [5.41, 5.74) is 3.08. The number of nitrogens with one attached hydrogen (secondary N) is 2. The summed E-state index contributed by atoms with van der Waals surface area (Å²) in [4.78, 5) is 25.9. The maximum Gasteiger partial charge on any atom is 0.317 e. The number of aryl methyl sites for hydroxylation is 1. The summed E-state index contributed by atoms with van der Waals surface area (Å²) in [6, 6.07) is 5.87. The van der Waals surface area contributed by atoms with Gasteiger partial charge >= 0.3 is 6.03 Å². The van der Waals surface area contributed by atoms with Crippen molar-refractivity contribution in [1.29, 1.82) is 0 Å². The summed E-state index contributed by atoms with van der Waals surface area (Å²) < 4.78 is 5.40. The monoisotopic (exact) mass is 345 g/mol. The summed E-state index contributed by atoms with van der Waals surface area (Å²) in [5, 5.41) is 5.98. The van der Waals surface area contributed by atoms with E-state index in [4.69, 9.17) is 4.74 Å². The molecule has 25 heavy (non-hydrogen) atoms. The van der Waals surface area contributed by atoms with Gasteiger partial charge in [-0.2, -0.15) is 0 Å². The average molecular weight is 345 g/mol. The lowest BCUT2D eigenvalue weighted by molar-refractivity contribution is -0.116. The molecule has 0 bridgehead atoms. The molecule has 1 aromatic carbocycles. The van der Waals surface area contributed by atoms with E-state index in [1.54, 1.807) is 0 Å². The summed E-state index contributed by atoms with van der Waals surface area (Å²) >= 11 is 0. The van der Waals surface area contributed by atoms with Crippen LogP contribution in [0.25, 0.3) is 0 Å². The highest BCUT2D eigenvalue weighted by Gasteiger charge is 2.23. The molecule has 1 saturated heterocycles. The maximum absolute atomic E-state index is 12.6. The SMILES string of the molecule is CCN(CC1CCOC1)C(=O)NC(C)c1ccc2c(c1)CCC(=O)N2. The Morgan fingerprint density at radius 1 is 1.44 bits per heavy atom. The number of urea groups is 1. The van der Waals surface area contributed by atoms with Crippen LogP contribution in [-0.2, 0) is 16.0 Å². The highest BCUT2D eigenvalue weighted by atomic mass is 16.5. The molecule has 2 aliphatic rings. The van der Waals surface area contributed by atoms with E-state index in [2.05, 4.69) is 16.7 Å². The Morgan fingerprint density at radius 3 is 3.00 bits per heavy atom. The normalized spacial score (nSPS) is 20.6. The molecule has 0 aliphatic carbocycles. The third-order valence-electron chi connectivity index (χ3n) is 5.04. The van der Waals surface area contributed by atoms with Crippen molar-refractivity contribution in [2.24, 2.45) is 5.92 Å². The Labute approximate surface area is 148 Å². The van der Waals surface area contributed by atoms with Crippen molar-refractivity contribution < 1.29 is 14.3 Å². The van der Waals surface area contributed by atoms with Gasteiger partial charge in [0.25, 0.3) is 0 Å². The molecule has 6 heteroatoms. The molecule has 0 radical (unpaired) electrons. The van der Waals surface area contributed by atoms with E-state index in [1.165, 1.54) is 0 Å². The maximum atomic E-state index is 12.6. The van der Waals surface area contributed by atoms with Crippen LogP contribution < -0.4 is 10.6 Å². The molecule has 2 heterocycles. The number of anilines is 1. The van der Waals surface area contributed by atoms with Crippen LogP contribution in [0.4, 0.5) is 10.5 Å². The van der Waals surface area contributed by atoms with Crippen molar-refractivity contribution in [1.82, 2.24) is 10.2 Å². The summed E-state index contributed by atoms with van der Waals surface area (Å²) in [7, 11) is 0. The van der Waals surface area contributed by atoms with Crippen LogP contribution in [0.15, 0.2) is 18.2 Å². The Balaban J connectivity index is 1.61. The van der Waals surface area contributed by atoms with Crippen LogP contribution in [0.1, 0.15) is 43.9 Å². The summed E-state index contributed by atoms with van der Waals surface area (Å²) in [6.07, 6.45) is 2.29. The van der Waals surface area contributed by atoms with Gasteiger partial charge in [0.05, 0.1) is 12.6 Å². The molecule has 6 nitrogen and oxygen atoms in total. The Kier molecular flexibility index (Phi) is 5.58. The number of carbonyl (C=O) groups is 2. The number of nitrogens with zero attached hydrogens (tertiary/aromatic N) is 1. The van der Waals surface area contributed by atoms with Crippen LogP contribution in [0.2, 0.25) is 0 Å². The van der Waals surface area contributed by atoms with Crippen molar-refractivity contribution in [2.75, 3.05) is 31.6 Å². The lowest BCUT2D eigenvalue weighted by Crippen LogP contribution is -2.43. The molecule has 1 aromatic rings. The van der Waals surface area contributed by atoms with Gasteiger partial charge in [-0.1, -0.05) is 12.1 Å². The molecule has 2 N–H and O–H groups in total. The average Bonchev–Trinajstić information content (AvgIpc) is 3.12. The Hall–Kier alpha value is -2.08. The topological polar surface area (TPSA) is 70.7 Å². The minimum atomic E-state index is -0.0793. The molecule has 2 atom stereocenters. The molecule has 2 aliphatic heterocycles. The first kappa shape index (κ1) is 17.7. The van der Waals surface area contributed by atoms with E-state index >= 15 is 0 Å². The first-order valence-corrected chi connectivity index (χ1v) is 9.12.